The molecule has 0 fully saturated rings. The van der Waals surface area contributed by atoms with Gasteiger partial charge in [0.15, 0.2) is 11.5 Å². The third-order valence-corrected chi connectivity index (χ3v) is 2.96. The van der Waals surface area contributed by atoms with Crippen molar-refractivity contribution in [1.82, 2.24) is 5.32 Å². The Labute approximate surface area is 117 Å². The van der Waals surface area contributed by atoms with Crippen LogP contribution in [0.2, 0.25) is 0 Å². The molecule has 3 nitrogen and oxygen atoms in total. The van der Waals surface area contributed by atoms with E-state index in [-0.39, 0.29) is 6.10 Å². The lowest BCUT2D eigenvalue weighted by Crippen LogP contribution is -2.23. The zero-order chi connectivity index (χ0) is 14.3. The summed E-state index contributed by atoms with van der Waals surface area (Å²) in [5.41, 5.74) is 1.15. The second-order valence-electron chi connectivity index (χ2n) is 5.05. The minimum absolute atomic E-state index is 0.194. The van der Waals surface area contributed by atoms with Crippen LogP contribution in [-0.4, -0.2) is 18.8 Å². The highest BCUT2D eigenvalue weighted by atomic mass is 16.5. The summed E-state index contributed by atoms with van der Waals surface area (Å²) in [5.74, 6) is 1.72. The van der Waals surface area contributed by atoms with Gasteiger partial charge in [0.05, 0.1) is 12.7 Å². The van der Waals surface area contributed by atoms with Crippen LogP contribution >= 0.6 is 0 Å². The molecular weight excluding hydrogens is 238 g/mol. The molecule has 1 aromatic carbocycles. The summed E-state index contributed by atoms with van der Waals surface area (Å²) < 4.78 is 11.7. The summed E-state index contributed by atoms with van der Waals surface area (Å²) in [4.78, 5) is 0. The minimum atomic E-state index is 0.194. The summed E-state index contributed by atoms with van der Waals surface area (Å²) in [6.45, 7) is 11.9. The second kappa shape index (κ2) is 8.05. The lowest BCUT2D eigenvalue weighted by molar-refractivity contribution is 0.200. The molecule has 0 amide bonds. The second-order valence-corrected chi connectivity index (χ2v) is 5.05. The molecule has 0 aliphatic rings. The van der Waals surface area contributed by atoms with Gasteiger partial charge in [0.1, 0.15) is 0 Å². The Morgan fingerprint density at radius 3 is 2.47 bits per heavy atom. The summed E-state index contributed by atoms with van der Waals surface area (Å²) in [6, 6.07) is 6.54. The molecule has 1 rings (SSSR count). The number of benzene rings is 1. The molecule has 0 aliphatic heterocycles. The molecule has 0 aromatic heterocycles. The van der Waals surface area contributed by atoms with Crippen molar-refractivity contribution in [2.45, 2.75) is 59.7 Å². The Kier molecular flexibility index (Phi) is 6.71. The molecule has 0 bridgehead atoms. The normalized spacial score (nSPS) is 12.5. The first kappa shape index (κ1) is 15.8. The lowest BCUT2D eigenvalue weighted by atomic mass is 10.1. The summed E-state index contributed by atoms with van der Waals surface area (Å²) >= 11 is 0. The van der Waals surface area contributed by atoms with Gasteiger partial charge in [-0.1, -0.05) is 32.9 Å². The SMILES string of the molecule is CCOc1cccc(CNC(C)C)c1OC(C)CC. The number of ether oxygens (including phenoxy) is 2. The van der Waals surface area contributed by atoms with Crippen LogP contribution in [0.1, 0.15) is 46.6 Å². The molecule has 0 saturated carbocycles. The quantitative estimate of drug-likeness (QED) is 0.776. The topological polar surface area (TPSA) is 30.5 Å². The van der Waals surface area contributed by atoms with Crippen LogP contribution in [-0.2, 0) is 6.54 Å². The first-order chi connectivity index (χ1) is 9.08. The molecule has 1 N–H and O–H groups in total. The molecule has 3 heteroatoms. The largest absolute Gasteiger partial charge is 0.490 e. The maximum Gasteiger partial charge on any atom is 0.166 e. The summed E-state index contributed by atoms with van der Waals surface area (Å²) in [5, 5.41) is 3.43. The van der Waals surface area contributed by atoms with Crippen LogP contribution in [0.25, 0.3) is 0 Å². The van der Waals surface area contributed by atoms with Gasteiger partial charge in [0, 0.05) is 18.2 Å². The molecule has 0 saturated heterocycles. The average Bonchev–Trinajstić information content (AvgIpc) is 2.39. The van der Waals surface area contributed by atoms with E-state index >= 15 is 0 Å². The van der Waals surface area contributed by atoms with Crippen molar-refractivity contribution in [3.63, 3.8) is 0 Å². The number of para-hydroxylation sites is 1. The van der Waals surface area contributed by atoms with Crippen LogP contribution in [0, 0.1) is 0 Å². The van der Waals surface area contributed by atoms with E-state index in [1.165, 1.54) is 0 Å². The third kappa shape index (κ3) is 5.11. The monoisotopic (exact) mass is 265 g/mol. The summed E-state index contributed by atoms with van der Waals surface area (Å²) in [7, 11) is 0. The van der Waals surface area contributed by atoms with E-state index < -0.39 is 0 Å². The Morgan fingerprint density at radius 1 is 1.16 bits per heavy atom. The van der Waals surface area contributed by atoms with E-state index in [1.807, 2.05) is 19.1 Å². The highest BCUT2D eigenvalue weighted by molar-refractivity contribution is 5.46. The van der Waals surface area contributed by atoms with Crippen LogP contribution in [0.4, 0.5) is 0 Å². The first-order valence-corrected chi connectivity index (χ1v) is 7.23. The van der Waals surface area contributed by atoms with Crippen molar-refractivity contribution >= 4 is 0 Å². The van der Waals surface area contributed by atoms with E-state index in [0.29, 0.717) is 12.6 Å². The molecule has 1 unspecified atom stereocenters. The molecule has 1 atom stereocenters. The van der Waals surface area contributed by atoms with Gasteiger partial charge in [-0.15, -0.1) is 0 Å². The average molecular weight is 265 g/mol. The fourth-order valence-electron chi connectivity index (χ4n) is 1.70. The Bertz CT molecular complexity index is 377. The van der Waals surface area contributed by atoms with Crippen molar-refractivity contribution in [3.8, 4) is 11.5 Å². The minimum Gasteiger partial charge on any atom is -0.490 e. The third-order valence-electron chi connectivity index (χ3n) is 2.96. The zero-order valence-corrected chi connectivity index (χ0v) is 12.8. The molecule has 0 radical (unpaired) electrons. The van der Waals surface area contributed by atoms with Crippen LogP contribution in [0.3, 0.4) is 0 Å². The number of hydrogen-bond donors (Lipinski definition) is 1. The Balaban J connectivity index is 2.95. The van der Waals surface area contributed by atoms with Crippen molar-refractivity contribution < 1.29 is 9.47 Å². The van der Waals surface area contributed by atoms with Gasteiger partial charge < -0.3 is 14.8 Å². The van der Waals surface area contributed by atoms with Crippen molar-refractivity contribution in [2.24, 2.45) is 0 Å². The van der Waals surface area contributed by atoms with Gasteiger partial charge in [-0.25, -0.2) is 0 Å². The van der Waals surface area contributed by atoms with Crippen molar-refractivity contribution in [1.29, 1.82) is 0 Å². The Morgan fingerprint density at radius 2 is 1.89 bits per heavy atom. The van der Waals surface area contributed by atoms with Gasteiger partial charge >= 0.3 is 0 Å². The highest BCUT2D eigenvalue weighted by Gasteiger charge is 2.13. The van der Waals surface area contributed by atoms with Gasteiger partial charge in [-0.05, 0) is 26.3 Å². The zero-order valence-electron chi connectivity index (χ0n) is 12.8. The van der Waals surface area contributed by atoms with Gasteiger partial charge in [0.2, 0.25) is 0 Å². The molecule has 0 spiro atoms. The standard InChI is InChI=1S/C16H27NO2/c1-6-13(5)19-16-14(11-17-12(3)4)9-8-10-15(16)18-7-2/h8-10,12-13,17H,6-7,11H2,1-5H3. The predicted octanol–water partition coefficient (Wildman–Crippen LogP) is 3.76. The van der Waals surface area contributed by atoms with E-state index in [9.17, 15) is 0 Å². The van der Waals surface area contributed by atoms with E-state index in [4.69, 9.17) is 9.47 Å². The van der Waals surface area contributed by atoms with Gasteiger partial charge in [-0.2, -0.15) is 0 Å². The van der Waals surface area contributed by atoms with E-state index in [0.717, 1.165) is 30.0 Å². The Hall–Kier alpha value is -1.22. The molecule has 0 aliphatic carbocycles. The maximum atomic E-state index is 6.05. The van der Waals surface area contributed by atoms with E-state index in [1.54, 1.807) is 0 Å². The summed E-state index contributed by atoms with van der Waals surface area (Å²) in [6.07, 6.45) is 1.18. The smallest absolute Gasteiger partial charge is 0.166 e. The fourth-order valence-corrected chi connectivity index (χ4v) is 1.70. The number of nitrogens with one attached hydrogen (secondary N) is 1. The van der Waals surface area contributed by atoms with E-state index in [2.05, 4.69) is 39.1 Å². The van der Waals surface area contributed by atoms with Gasteiger partial charge in [0.25, 0.3) is 0 Å². The highest BCUT2D eigenvalue weighted by Crippen LogP contribution is 2.32. The molecule has 108 valence electrons. The first-order valence-electron chi connectivity index (χ1n) is 7.23. The van der Waals surface area contributed by atoms with Crippen LogP contribution in [0.15, 0.2) is 18.2 Å². The predicted molar refractivity (Wildman–Crippen MR) is 80.0 cm³/mol. The molecule has 0 heterocycles. The molecule has 1 aromatic rings. The lowest BCUT2D eigenvalue weighted by Gasteiger charge is -2.20. The number of rotatable bonds is 8. The van der Waals surface area contributed by atoms with Crippen LogP contribution < -0.4 is 14.8 Å². The van der Waals surface area contributed by atoms with Gasteiger partial charge in [-0.3, -0.25) is 0 Å². The maximum absolute atomic E-state index is 6.05. The van der Waals surface area contributed by atoms with Crippen molar-refractivity contribution in [3.05, 3.63) is 23.8 Å². The fraction of sp³-hybridized carbons (Fsp3) is 0.625. The van der Waals surface area contributed by atoms with Crippen molar-refractivity contribution in [2.75, 3.05) is 6.61 Å². The van der Waals surface area contributed by atoms with Crippen LogP contribution in [0.5, 0.6) is 11.5 Å². The molecule has 19 heavy (non-hydrogen) atoms. The molecular formula is C16H27NO2. The number of hydrogen-bond acceptors (Lipinski definition) is 3.